The maximum Gasteiger partial charge on any atom is 0.410 e. The number of hydrogen-bond acceptors (Lipinski definition) is 6. The van der Waals surface area contributed by atoms with Crippen molar-refractivity contribution in [1.82, 2.24) is 14.7 Å². The first-order chi connectivity index (χ1) is 13.6. The SMILES string of the molecule is CN(C)C=CC(=O)c1cccc(OCCN2CCN(C(=O)OC(C)(C)C)CC2)c1. The van der Waals surface area contributed by atoms with Crippen LogP contribution in [-0.2, 0) is 4.74 Å². The number of ether oxygens (including phenoxy) is 2. The van der Waals surface area contributed by atoms with Crippen molar-refractivity contribution in [3.8, 4) is 5.75 Å². The second-order valence-electron chi connectivity index (χ2n) is 8.33. The first kappa shape index (κ1) is 22.7. The molecule has 1 aliphatic rings. The van der Waals surface area contributed by atoms with E-state index in [0.717, 1.165) is 19.6 Å². The van der Waals surface area contributed by atoms with Gasteiger partial charge in [0.15, 0.2) is 5.78 Å². The number of amides is 1. The van der Waals surface area contributed by atoms with Gasteiger partial charge in [0.25, 0.3) is 0 Å². The van der Waals surface area contributed by atoms with Gasteiger partial charge in [-0.3, -0.25) is 9.69 Å². The van der Waals surface area contributed by atoms with E-state index < -0.39 is 5.60 Å². The Labute approximate surface area is 173 Å². The van der Waals surface area contributed by atoms with Crippen LogP contribution in [0.2, 0.25) is 0 Å². The molecule has 2 rings (SSSR count). The summed E-state index contributed by atoms with van der Waals surface area (Å²) < 4.78 is 11.3. The summed E-state index contributed by atoms with van der Waals surface area (Å²) in [5.41, 5.74) is 0.131. The lowest BCUT2D eigenvalue weighted by Gasteiger charge is -2.35. The predicted octanol–water partition coefficient (Wildman–Crippen LogP) is 2.88. The summed E-state index contributed by atoms with van der Waals surface area (Å²) in [6.45, 7) is 9.79. The van der Waals surface area contributed by atoms with Gasteiger partial charge in [-0.25, -0.2) is 4.79 Å². The zero-order chi connectivity index (χ0) is 21.4. The zero-order valence-corrected chi connectivity index (χ0v) is 18.2. The highest BCUT2D eigenvalue weighted by atomic mass is 16.6. The van der Waals surface area contributed by atoms with Crippen molar-refractivity contribution >= 4 is 11.9 Å². The van der Waals surface area contributed by atoms with Crippen LogP contribution in [0.4, 0.5) is 4.79 Å². The van der Waals surface area contributed by atoms with E-state index in [-0.39, 0.29) is 11.9 Å². The molecule has 1 saturated heterocycles. The molecule has 0 spiro atoms. The topological polar surface area (TPSA) is 62.3 Å². The molecular formula is C22H33N3O4. The van der Waals surface area contributed by atoms with Crippen LogP contribution < -0.4 is 4.74 Å². The Kier molecular flexibility index (Phi) is 8.08. The summed E-state index contributed by atoms with van der Waals surface area (Å²) in [7, 11) is 3.74. The van der Waals surface area contributed by atoms with Crippen LogP contribution in [0.15, 0.2) is 36.5 Å². The Morgan fingerprint density at radius 1 is 1.14 bits per heavy atom. The molecule has 1 heterocycles. The fourth-order valence-corrected chi connectivity index (χ4v) is 2.83. The first-order valence-electron chi connectivity index (χ1n) is 9.96. The summed E-state index contributed by atoms with van der Waals surface area (Å²) in [5, 5.41) is 0. The number of hydrogen-bond donors (Lipinski definition) is 0. The van der Waals surface area contributed by atoms with Crippen LogP contribution in [0.5, 0.6) is 5.75 Å². The predicted molar refractivity (Wildman–Crippen MR) is 113 cm³/mol. The molecular weight excluding hydrogens is 370 g/mol. The lowest BCUT2D eigenvalue weighted by Crippen LogP contribution is -2.50. The fraction of sp³-hybridized carbons (Fsp3) is 0.545. The molecule has 1 aliphatic heterocycles. The van der Waals surface area contributed by atoms with Gasteiger partial charge in [-0.05, 0) is 32.9 Å². The van der Waals surface area contributed by atoms with Crippen LogP contribution in [-0.4, -0.2) is 85.6 Å². The van der Waals surface area contributed by atoms with E-state index in [4.69, 9.17) is 9.47 Å². The van der Waals surface area contributed by atoms with Crippen molar-refractivity contribution in [2.45, 2.75) is 26.4 Å². The molecule has 7 heteroatoms. The van der Waals surface area contributed by atoms with E-state index in [1.807, 2.05) is 51.9 Å². The molecule has 29 heavy (non-hydrogen) atoms. The van der Waals surface area contributed by atoms with Crippen LogP contribution in [0.25, 0.3) is 0 Å². The summed E-state index contributed by atoms with van der Waals surface area (Å²) in [5.74, 6) is 0.629. The molecule has 0 aliphatic carbocycles. The minimum atomic E-state index is -0.472. The minimum Gasteiger partial charge on any atom is -0.492 e. The minimum absolute atomic E-state index is 0.0533. The third kappa shape index (κ3) is 8.15. The van der Waals surface area contributed by atoms with E-state index in [1.54, 1.807) is 29.3 Å². The van der Waals surface area contributed by atoms with Gasteiger partial charge in [0.2, 0.25) is 0 Å². The maximum atomic E-state index is 12.2. The number of rotatable bonds is 7. The fourth-order valence-electron chi connectivity index (χ4n) is 2.83. The number of piperazine rings is 1. The maximum absolute atomic E-state index is 12.2. The second-order valence-corrected chi connectivity index (χ2v) is 8.33. The molecule has 160 valence electrons. The van der Waals surface area contributed by atoms with Crippen molar-refractivity contribution in [2.75, 3.05) is 53.4 Å². The van der Waals surface area contributed by atoms with Crippen molar-refractivity contribution in [1.29, 1.82) is 0 Å². The van der Waals surface area contributed by atoms with E-state index in [2.05, 4.69) is 4.90 Å². The summed E-state index contributed by atoms with van der Waals surface area (Å²) in [6.07, 6.45) is 3.02. The molecule has 0 bridgehead atoms. The van der Waals surface area contributed by atoms with Crippen LogP contribution in [0.1, 0.15) is 31.1 Å². The Morgan fingerprint density at radius 2 is 1.83 bits per heavy atom. The molecule has 0 N–H and O–H groups in total. The number of carbonyl (C=O) groups is 2. The molecule has 0 aromatic heterocycles. The summed E-state index contributed by atoms with van der Waals surface area (Å²) >= 11 is 0. The van der Waals surface area contributed by atoms with Crippen molar-refractivity contribution in [3.63, 3.8) is 0 Å². The number of benzene rings is 1. The van der Waals surface area contributed by atoms with Gasteiger partial charge >= 0.3 is 6.09 Å². The van der Waals surface area contributed by atoms with Crippen LogP contribution in [0, 0.1) is 0 Å². The summed E-state index contributed by atoms with van der Waals surface area (Å²) in [6, 6.07) is 7.23. The Balaban J connectivity index is 1.75. The Bertz CT molecular complexity index is 717. The normalized spacial score (nSPS) is 15.4. The largest absolute Gasteiger partial charge is 0.492 e. The second kappa shape index (κ2) is 10.3. The lowest BCUT2D eigenvalue weighted by atomic mass is 10.1. The van der Waals surface area contributed by atoms with Gasteiger partial charge in [-0.15, -0.1) is 0 Å². The molecule has 1 fully saturated rings. The van der Waals surface area contributed by atoms with Crippen LogP contribution >= 0.6 is 0 Å². The monoisotopic (exact) mass is 403 g/mol. The zero-order valence-electron chi connectivity index (χ0n) is 18.2. The number of ketones is 1. The molecule has 0 atom stereocenters. The standard InChI is InChI=1S/C22H33N3O4/c1-22(2,3)29-21(27)25-13-11-24(12-14-25)15-16-28-19-8-6-7-18(17-19)20(26)9-10-23(4)5/h6-10,17H,11-16H2,1-5H3. The number of carbonyl (C=O) groups excluding carboxylic acids is 2. The van der Waals surface area contributed by atoms with Crippen molar-refractivity contribution < 1.29 is 19.1 Å². The van der Waals surface area contributed by atoms with E-state index in [1.165, 1.54) is 0 Å². The Hall–Kier alpha value is -2.54. The molecule has 7 nitrogen and oxygen atoms in total. The van der Waals surface area contributed by atoms with E-state index in [0.29, 0.717) is 31.0 Å². The van der Waals surface area contributed by atoms with Crippen LogP contribution in [0.3, 0.4) is 0 Å². The highest BCUT2D eigenvalue weighted by Crippen LogP contribution is 2.15. The number of allylic oxidation sites excluding steroid dienone is 1. The highest BCUT2D eigenvalue weighted by Gasteiger charge is 2.25. The molecule has 0 radical (unpaired) electrons. The van der Waals surface area contributed by atoms with Gasteiger partial charge in [0, 0.05) is 64.7 Å². The van der Waals surface area contributed by atoms with Gasteiger partial charge < -0.3 is 19.3 Å². The summed E-state index contributed by atoms with van der Waals surface area (Å²) in [4.78, 5) is 30.1. The van der Waals surface area contributed by atoms with Gasteiger partial charge in [-0.2, -0.15) is 0 Å². The van der Waals surface area contributed by atoms with E-state index in [9.17, 15) is 9.59 Å². The Morgan fingerprint density at radius 3 is 2.45 bits per heavy atom. The highest BCUT2D eigenvalue weighted by molar-refractivity contribution is 6.04. The first-order valence-corrected chi connectivity index (χ1v) is 9.96. The third-order valence-corrected chi connectivity index (χ3v) is 4.34. The van der Waals surface area contributed by atoms with Crippen molar-refractivity contribution in [2.24, 2.45) is 0 Å². The van der Waals surface area contributed by atoms with Gasteiger partial charge in [-0.1, -0.05) is 12.1 Å². The molecule has 0 saturated carbocycles. The van der Waals surface area contributed by atoms with Crippen molar-refractivity contribution in [3.05, 3.63) is 42.1 Å². The smallest absolute Gasteiger partial charge is 0.410 e. The average molecular weight is 404 g/mol. The quantitative estimate of drug-likeness (QED) is 0.515. The molecule has 0 unspecified atom stereocenters. The molecule has 1 aromatic rings. The molecule has 1 aromatic carbocycles. The van der Waals surface area contributed by atoms with Gasteiger partial charge in [0.05, 0.1) is 0 Å². The van der Waals surface area contributed by atoms with E-state index >= 15 is 0 Å². The van der Waals surface area contributed by atoms with Gasteiger partial charge in [0.1, 0.15) is 18.0 Å². The average Bonchev–Trinajstić information content (AvgIpc) is 2.65. The third-order valence-electron chi connectivity index (χ3n) is 4.34. The lowest BCUT2D eigenvalue weighted by molar-refractivity contribution is 0.0137. The number of nitrogens with zero attached hydrogens (tertiary/aromatic N) is 3. The molecule has 1 amide bonds.